The lowest BCUT2D eigenvalue weighted by Gasteiger charge is -2.25. The van der Waals surface area contributed by atoms with Gasteiger partial charge >= 0.3 is 5.97 Å². The number of carbonyl (C=O) groups is 4. The number of carboxylic acids is 1. The molecule has 11 heteroatoms. The molecule has 0 aliphatic heterocycles. The van der Waals surface area contributed by atoms with E-state index in [2.05, 4.69) is 11.2 Å². The lowest BCUT2D eigenvalue weighted by Crippen LogP contribution is -2.49. The molecule has 32 heavy (non-hydrogen) atoms. The Kier molecular flexibility index (Phi) is 10.4. The van der Waals surface area contributed by atoms with E-state index in [4.69, 9.17) is 5.11 Å². The summed E-state index contributed by atoms with van der Waals surface area (Å²) >= 11 is 0. The van der Waals surface area contributed by atoms with Gasteiger partial charge in [0.15, 0.2) is 0 Å². The molecule has 2 rings (SSSR count). The summed E-state index contributed by atoms with van der Waals surface area (Å²) in [5.41, 5.74) is 2.38. The third-order valence-corrected chi connectivity index (χ3v) is 3.87. The number of para-hydroxylation sites is 1. The number of nitrogens with one attached hydrogen (secondary N) is 2. The van der Waals surface area contributed by atoms with Crippen LogP contribution >= 0.6 is 0 Å². The predicted octanol–water partition coefficient (Wildman–Crippen LogP) is 1.13. The van der Waals surface area contributed by atoms with E-state index in [0.29, 0.717) is 11.8 Å². The van der Waals surface area contributed by atoms with Crippen LogP contribution in [0.2, 0.25) is 0 Å². The molecule has 0 radical (unpaired) electrons. The number of aliphatic carboxylic acids is 1. The highest BCUT2D eigenvalue weighted by Gasteiger charge is 2.25. The number of hydrazine groups is 1. The van der Waals surface area contributed by atoms with E-state index in [-0.39, 0.29) is 17.9 Å². The Hall–Kier alpha value is -3.86. The summed E-state index contributed by atoms with van der Waals surface area (Å²) in [5.74, 6) is 0.289. The fourth-order valence-corrected chi connectivity index (χ4v) is 2.53. The van der Waals surface area contributed by atoms with Crippen molar-refractivity contribution < 1.29 is 33.1 Å². The molecule has 0 aromatic heterocycles. The van der Waals surface area contributed by atoms with Crippen LogP contribution in [0.25, 0.3) is 0 Å². The molecule has 0 fully saturated rings. The molecule has 0 spiro atoms. The minimum atomic E-state index is -1.21. The van der Waals surface area contributed by atoms with E-state index < -0.39 is 42.0 Å². The number of anilines is 1. The molecule has 0 unspecified atom stereocenters. The number of amides is 3. The van der Waals surface area contributed by atoms with E-state index in [0.717, 1.165) is 17.0 Å². The Labute approximate surface area is 183 Å². The normalized spacial score (nSPS) is 10.8. The lowest BCUT2D eigenvalue weighted by atomic mass is 10.1. The van der Waals surface area contributed by atoms with Crippen molar-refractivity contribution in [1.29, 1.82) is 0 Å². The van der Waals surface area contributed by atoms with Crippen molar-refractivity contribution in [3.63, 3.8) is 0 Å². The van der Waals surface area contributed by atoms with Gasteiger partial charge in [0.05, 0.1) is 6.42 Å². The van der Waals surface area contributed by atoms with Crippen molar-refractivity contribution in [1.82, 2.24) is 10.7 Å². The third kappa shape index (κ3) is 9.30. The highest BCUT2D eigenvalue weighted by Crippen LogP contribution is 2.15. The Balaban J connectivity index is 0.000000920. The molecule has 0 aliphatic rings. The number of halogens is 2. The summed E-state index contributed by atoms with van der Waals surface area (Å²) in [4.78, 5) is 46.4. The number of carboxylic acid groups (broad SMARTS) is 1. The SMILES string of the molecule is CC(=O)NN.C[C@H](NC(=O)Cc1cc(F)cc(F)c1)C(=O)N(CC(=O)O)c1ccccc1. The predicted molar refractivity (Wildman–Crippen MR) is 112 cm³/mol. The van der Waals surface area contributed by atoms with Crippen LogP contribution in [0.1, 0.15) is 19.4 Å². The molecule has 2 aromatic rings. The first-order valence-electron chi connectivity index (χ1n) is 9.33. The molecule has 5 N–H and O–H groups in total. The van der Waals surface area contributed by atoms with Crippen LogP contribution < -0.4 is 21.5 Å². The molecule has 0 heterocycles. The fourth-order valence-electron chi connectivity index (χ4n) is 2.53. The molecule has 0 bridgehead atoms. The number of carbonyl (C=O) groups excluding carboxylic acids is 3. The van der Waals surface area contributed by atoms with Gasteiger partial charge in [0.25, 0.3) is 0 Å². The van der Waals surface area contributed by atoms with Gasteiger partial charge in [-0.05, 0) is 36.8 Å². The van der Waals surface area contributed by atoms with E-state index in [1.54, 1.807) is 30.3 Å². The maximum atomic E-state index is 13.2. The minimum absolute atomic E-state index is 0.120. The van der Waals surface area contributed by atoms with Crippen LogP contribution in [0.5, 0.6) is 0 Å². The molecule has 1 atom stereocenters. The Bertz CT molecular complexity index is 936. The van der Waals surface area contributed by atoms with Crippen LogP contribution in [-0.4, -0.2) is 41.4 Å². The van der Waals surface area contributed by atoms with Crippen molar-refractivity contribution in [2.24, 2.45) is 5.84 Å². The first-order valence-corrected chi connectivity index (χ1v) is 9.33. The van der Waals surface area contributed by atoms with Gasteiger partial charge in [0.1, 0.15) is 24.2 Å². The minimum Gasteiger partial charge on any atom is -0.480 e. The maximum Gasteiger partial charge on any atom is 0.323 e. The molecule has 172 valence electrons. The van der Waals surface area contributed by atoms with Crippen molar-refractivity contribution in [2.75, 3.05) is 11.4 Å². The lowest BCUT2D eigenvalue weighted by molar-refractivity contribution is -0.137. The molecular formula is C21H24F2N4O5. The Morgan fingerprint density at radius 1 is 1.06 bits per heavy atom. The second-order valence-electron chi connectivity index (χ2n) is 6.60. The van der Waals surface area contributed by atoms with Crippen molar-refractivity contribution in [3.05, 3.63) is 65.7 Å². The van der Waals surface area contributed by atoms with Gasteiger partial charge < -0.3 is 10.4 Å². The average Bonchev–Trinajstić information content (AvgIpc) is 2.71. The first-order chi connectivity index (χ1) is 15.0. The molecular weight excluding hydrogens is 426 g/mol. The number of benzene rings is 2. The number of hydrogen-bond acceptors (Lipinski definition) is 5. The van der Waals surface area contributed by atoms with Gasteiger partial charge in [0.2, 0.25) is 17.7 Å². The summed E-state index contributed by atoms with van der Waals surface area (Å²) in [5, 5.41) is 11.5. The third-order valence-electron chi connectivity index (χ3n) is 3.87. The van der Waals surface area contributed by atoms with Gasteiger partial charge in [0, 0.05) is 18.7 Å². The quantitative estimate of drug-likeness (QED) is 0.283. The smallest absolute Gasteiger partial charge is 0.323 e. The van der Waals surface area contributed by atoms with Crippen LogP contribution in [0, 0.1) is 11.6 Å². The number of rotatable bonds is 7. The zero-order valence-electron chi connectivity index (χ0n) is 17.5. The molecule has 0 saturated carbocycles. The van der Waals surface area contributed by atoms with Gasteiger partial charge in [-0.3, -0.25) is 29.5 Å². The van der Waals surface area contributed by atoms with Crippen LogP contribution in [0.3, 0.4) is 0 Å². The van der Waals surface area contributed by atoms with Crippen LogP contribution in [-0.2, 0) is 25.6 Å². The Morgan fingerprint density at radius 3 is 2.06 bits per heavy atom. The van der Waals surface area contributed by atoms with Gasteiger partial charge in [-0.15, -0.1) is 0 Å². The van der Waals surface area contributed by atoms with E-state index >= 15 is 0 Å². The summed E-state index contributed by atoms with van der Waals surface area (Å²) < 4.78 is 26.4. The molecule has 0 aliphatic carbocycles. The molecule has 9 nitrogen and oxygen atoms in total. The fraction of sp³-hybridized carbons (Fsp3) is 0.238. The van der Waals surface area contributed by atoms with E-state index in [1.807, 2.05) is 5.43 Å². The zero-order valence-corrected chi connectivity index (χ0v) is 17.5. The zero-order chi connectivity index (χ0) is 24.3. The summed E-state index contributed by atoms with van der Waals surface area (Å²) in [6, 6.07) is 9.88. The van der Waals surface area contributed by atoms with Crippen molar-refractivity contribution in [3.8, 4) is 0 Å². The summed E-state index contributed by atoms with van der Waals surface area (Å²) in [7, 11) is 0. The largest absolute Gasteiger partial charge is 0.480 e. The van der Waals surface area contributed by atoms with Crippen LogP contribution in [0.4, 0.5) is 14.5 Å². The van der Waals surface area contributed by atoms with Gasteiger partial charge in [-0.25, -0.2) is 14.6 Å². The average molecular weight is 450 g/mol. The second kappa shape index (κ2) is 12.7. The second-order valence-corrected chi connectivity index (χ2v) is 6.60. The van der Waals surface area contributed by atoms with Gasteiger partial charge in [-0.1, -0.05) is 18.2 Å². The highest BCUT2D eigenvalue weighted by atomic mass is 19.1. The molecule has 2 aromatic carbocycles. The molecule has 0 saturated heterocycles. The monoisotopic (exact) mass is 450 g/mol. The topological polar surface area (TPSA) is 142 Å². The number of nitrogens with zero attached hydrogens (tertiary/aromatic N) is 1. The van der Waals surface area contributed by atoms with Crippen molar-refractivity contribution in [2.45, 2.75) is 26.3 Å². The summed E-state index contributed by atoms with van der Waals surface area (Å²) in [6.45, 7) is 2.18. The summed E-state index contributed by atoms with van der Waals surface area (Å²) in [6.07, 6.45) is -0.323. The van der Waals surface area contributed by atoms with E-state index in [9.17, 15) is 28.0 Å². The van der Waals surface area contributed by atoms with Crippen LogP contribution in [0.15, 0.2) is 48.5 Å². The number of hydrogen-bond donors (Lipinski definition) is 4. The first kappa shape index (κ1) is 26.2. The highest BCUT2D eigenvalue weighted by molar-refractivity contribution is 6.01. The maximum absolute atomic E-state index is 13.2. The van der Waals surface area contributed by atoms with E-state index in [1.165, 1.54) is 13.8 Å². The van der Waals surface area contributed by atoms with Crippen molar-refractivity contribution >= 4 is 29.4 Å². The standard InChI is InChI=1S/C19H18F2N2O4.C2H6N2O/c1-12(22-17(24)9-13-7-14(20)10-15(21)8-13)19(27)23(11-18(25)26)16-5-3-2-4-6-16;1-2(5)4-3/h2-8,10,12H,9,11H2,1H3,(H,22,24)(H,25,26);3H2,1H3,(H,4,5)/t12-;/m0./s1. The Morgan fingerprint density at radius 2 is 1.59 bits per heavy atom. The van der Waals surface area contributed by atoms with Gasteiger partial charge in [-0.2, -0.15) is 0 Å². The number of nitrogens with two attached hydrogens (primary N) is 1. The molecule has 3 amide bonds.